The molecule has 1 heteroatoms. The van der Waals surface area contributed by atoms with E-state index in [9.17, 15) is 0 Å². The zero-order chi connectivity index (χ0) is 31.0. The third-order valence-electron chi connectivity index (χ3n) is 9.50. The lowest BCUT2D eigenvalue weighted by molar-refractivity contribution is 0.0106. The van der Waals surface area contributed by atoms with Crippen molar-refractivity contribution < 1.29 is 4.74 Å². The van der Waals surface area contributed by atoms with Crippen LogP contribution >= 0.6 is 0 Å². The standard InChI is InChI=1S/C43H64O/c1-3-4-5-6-7-12-15-21-30-39(2)31-22-16-13-10-8-9-11-14-17-29-38-44-43(40-32-23-18-24-33-40,41-34-25-19-26-35-41)42-36-27-20-28-37-42/h18-20,23-28,32-37,39H,3-17,21-22,29-31,38H2,1-2H3. The van der Waals surface area contributed by atoms with Crippen molar-refractivity contribution in [1.29, 1.82) is 0 Å². The number of rotatable bonds is 26. The maximum absolute atomic E-state index is 6.94. The maximum atomic E-state index is 6.94. The van der Waals surface area contributed by atoms with Gasteiger partial charge in [0.1, 0.15) is 5.60 Å². The molecule has 0 saturated heterocycles. The van der Waals surface area contributed by atoms with Gasteiger partial charge < -0.3 is 4.74 Å². The molecule has 242 valence electrons. The van der Waals surface area contributed by atoms with Gasteiger partial charge in [0.15, 0.2) is 0 Å². The molecule has 1 atom stereocenters. The Labute approximate surface area is 272 Å². The monoisotopic (exact) mass is 596 g/mol. The van der Waals surface area contributed by atoms with E-state index in [0.29, 0.717) is 0 Å². The molecule has 1 nitrogen and oxygen atoms in total. The van der Waals surface area contributed by atoms with Crippen molar-refractivity contribution in [2.45, 2.75) is 148 Å². The Kier molecular flexibility index (Phi) is 18.9. The second-order valence-electron chi connectivity index (χ2n) is 13.3. The lowest BCUT2D eigenvalue weighted by Crippen LogP contribution is -2.33. The molecule has 0 bridgehead atoms. The van der Waals surface area contributed by atoms with E-state index in [1.165, 1.54) is 139 Å². The van der Waals surface area contributed by atoms with Crippen molar-refractivity contribution in [1.82, 2.24) is 0 Å². The smallest absolute Gasteiger partial charge is 0.143 e. The minimum atomic E-state index is -0.588. The van der Waals surface area contributed by atoms with E-state index < -0.39 is 5.60 Å². The van der Waals surface area contributed by atoms with E-state index in [4.69, 9.17) is 4.74 Å². The van der Waals surface area contributed by atoms with Gasteiger partial charge in [-0.15, -0.1) is 0 Å². The van der Waals surface area contributed by atoms with E-state index in [2.05, 4.69) is 105 Å². The van der Waals surface area contributed by atoms with Gasteiger partial charge >= 0.3 is 0 Å². The van der Waals surface area contributed by atoms with Crippen LogP contribution in [0.1, 0.15) is 159 Å². The number of unbranched alkanes of at least 4 members (excludes halogenated alkanes) is 16. The Morgan fingerprint density at radius 1 is 0.432 bits per heavy atom. The highest BCUT2D eigenvalue weighted by Gasteiger charge is 2.37. The summed E-state index contributed by atoms with van der Waals surface area (Å²) in [5.41, 5.74) is 2.98. The molecule has 0 spiro atoms. The molecule has 0 amide bonds. The van der Waals surface area contributed by atoms with Gasteiger partial charge in [-0.1, -0.05) is 227 Å². The number of ether oxygens (including phenoxy) is 1. The van der Waals surface area contributed by atoms with Gasteiger partial charge in [-0.2, -0.15) is 0 Å². The normalized spacial score (nSPS) is 12.4. The topological polar surface area (TPSA) is 9.23 Å². The lowest BCUT2D eigenvalue weighted by Gasteiger charge is -2.36. The zero-order valence-electron chi connectivity index (χ0n) is 28.5. The number of benzene rings is 3. The Morgan fingerprint density at radius 2 is 0.750 bits per heavy atom. The van der Waals surface area contributed by atoms with E-state index >= 15 is 0 Å². The van der Waals surface area contributed by atoms with Gasteiger partial charge in [-0.05, 0) is 29.0 Å². The SMILES string of the molecule is CCCCCCCCCCC(C)CCCCCCCCCCCCOC(c1ccccc1)(c1ccccc1)c1ccccc1. The van der Waals surface area contributed by atoms with Crippen LogP contribution < -0.4 is 0 Å². The van der Waals surface area contributed by atoms with Crippen LogP contribution in [0.15, 0.2) is 91.0 Å². The summed E-state index contributed by atoms with van der Waals surface area (Å²) < 4.78 is 6.94. The van der Waals surface area contributed by atoms with Crippen molar-refractivity contribution >= 4 is 0 Å². The quantitative estimate of drug-likeness (QED) is 0.0661. The van der Waals surface area contributed by atoms with Crippen LogP contribution in [0.2, 0.25) is 0 Å². The third kappa shape index (κ3) is 13.3. The van der Waals surface area contributed by atoms with Gasteiger partial charge in [0.25, 0.3) is 0 Å². The van der Waals surface area contributed by atoms with Crippen molar-refractivity contribution in [3.05, 3.63) is 108 Å². The second kappa shape index (κ2) is 23.0. The zero-order valence-corrected chi connectivity index (χ0v) is 28.5. The van der Waals surface area contributed by atoms with Gasteiger partial charge in [-0.25, -0.2) is 0 Å². The summed E-state index contributed by atoms with van der Waals surface area (Å²) in [6.07, 6.45) is 27.9. The Hall–Kier alpha value is -2.38. The van der Waals surface area contributed by atoms with E-state index in [0.717, 1.165) is 18.9 Å². The Morgan fingerprint density at radius 3 is 1.11 bits per heavy atom. The molecule has 0 N–H and O–H groups in total. The Balaban J connectivity index is 1.25. The molecule has 0 saturated carbocycles. The van der Waals surface area contributed by atoms with Crippen molar-refractivity contribution in [3.63, 3.8) is 0 Å². The largest absolute Gasteiger partial charge is 0.361 e. The van der Waals surface area contributed by atoms with E-state index in [-0.39, 0.29) is 0 Å². The highest BCUT2D eigenvalue weighted by molar-refractivity contribution is 5.47. The lowest BCUT2D eigenvalue weighted by atomic mass is 9.80. The molecule has 0 aliphatic heterocycles. The fraction of sp³-hybridized carbons (Fsp3) is 0.581. The van der Waals surface area contributed by atoms with Gasteiger partial charge in [0, 0.05) is 6.61 Å². The van der Waals surface area contributed by atoms with Crippen LogP contribution in [0.3, 0.4) is 0 Å². The van der Waals surface area contributed by atoms with Crippen LogP contribution in [-0.4, -0.2) is 6.61 Å². The third-order valence-corrected chi connectivity index (χ3v) is 9.50. The minimum absolute atomic E-state index is 0.588. The van der Waals surface area contributed by atoms with Crippen LogP contribution in [0.5, 0.6) is 0 Å². The molecule has 0 aliphatic carbocycles. The van der Waals surface area contributed by atoms with Gasteiger partial charge in [-0.3, -0.25) is 0 Å². The van der Waals surface area contributed by atoms with Crippen LogP contribution in [0.4, 0.5) is 0 Å². The molecule has 0 heterocycles. The van der Waals surface area contributed by atoms with Crippen molar-refractivity contribution in [3.8, 4) is 0 Å². The molecule has 3 aromatic carbocycles. The van der Waals surface area contributed by atoms with Crippen molar-refractivity contribution in [2.24, 2.45) is 5.92 Å². The first-order chi connectivity index (χ1) is 21.8. The molecule has 1 unspecified atom stereocenters. The first kappa shape index (κ1) is 36.1. The first-order valence-corrected chi connectivity index (χ1v) is 18.6. The predicted octanol–water partition coefficient (Wildman–Crippen LogP) is 13.5. The summed E-state index contributed by atoms with van der Waals surface area (Å²) in [5.74, 6) is 0.928. The fourth-order valence-electron chi connectivity index (χ4n) is 6.77. The predicted molar refractivity (Wildman–Crippen MR) is 192 cm³/mol. The molecule has 0 radical (unpaired) electrons. The van der Waals surface area contributed by atoms with Crippen molar-refractivity contribution in [2.75, 3.05) is 6.61 Å². The van der Waals surface area contributed by atoms with E-state index in [1.807, 2.05) is 0 Å². The first-order valence-electron chi connectivity index (χ1n) is 18.6. The molecule has 0 fully saturated rings. The molecule has 0 aliphatic rings. The average molecular weight is 597 g/mol. The summed E-state index contributed by atoms with van der Waals surface area (Å²) in [6, 6.07) is 32.2. The molecule has 3 rings (SSSR count). The van der Waals surface area contributed by atoms with E-state index in [1.54, 1.807) is 0 Å². The molecular weight excluding hydrogens is 532 g/mol. The van der Waals surface area contributed by atoms with Crippen LogP contribution in [0.25, 0.3) is 0 Å². The summed E-state index contributed by atoms with van der Waals surface area (Å²) >= 11 is 0. The van der Waals surface area contributed by atoms with Gasteiger partial charge in [0.2, 0.25) is 0 Å². The molecule has 3 aromatic rings. The minimum Gasteiger partial charge on any atom is -0.361 e. The molecule has 0 aromatic heterocycles. The fourth-order valence-corrected chi connectivity index (χ4v) is 6.77. The number of hydrogen-bond acceptors (Lipinski definition) is 1. The summed E-state index contributed by atoms with van der Waals surface area (Å²) in [5, 5.41) is 0. The van der Waals surface area contributed by atoms with Crippen LogP contribution in [0, 0.1) is 5.92 Å². The maximum Gasteiger partial charge on any atom is 0.143 e. The van der Waals surface area contributed by atoms with Gasteiger partial charge in [0.05, 0.1) is 0 Å². The summed E-state index contributed by atoms with van der Waals surface area (Å²) in [7, 11) is 0. The molecular formula is C43H64O. The highest BCUT2D eigenvalue weighted by Crippen LogP contribution is 2.40. The Bertz CT molecular complexity index is 947. The van der Waals surface area contributed by atoms with Crippen LogP contribution in [-0.2, 0) is 10.3 Å². The highest BCUT2D eigenvalue weighted by atomic mass is 16.5. The second-order valence-corrected chi connectivity index (χ2v) is 13.3. The summed E-state index contributed by atoms with van der Waals surface area (Å²) in [6.45, 7) is 5.55. The summed E-state index contributed by atoms with van der Waals surface area (Å²) in [4.78, 5) is 0. The number of hydrogen-bond donors (Lipinski definition) is 0. The molecule has 44 heavy (non-hydrogen) atoms. The average Bonchev–Trinajstić information content (AvgIpc) is 3.07.